The molecule has 1 N–H and O–H groups in total. The molecule has 2 nitrogen and oxygen atoms in total. The van der Waals surface area contributed by atoms with Crippen molar-refractivity contribution in [3.8, 4) is 0 Å². The fourth-order valence-electron chi connectivity index (χ4n) is 1.94. The lowest BCUT2D eigenvalue weighted by Gasteiger charge is -2.28. The first-order valence-electron chi connectivity index (χ1n) is 6.72. The van der Waals surface area contributed by atoms with E-state index < -0.39 is 0 Å². The Morgan fingerprint density at radius 3 is 2.22 bits per heavy atom. The molecule has 102 valence electrons. The molecule has 0 amide bonds. The molecule has 0 aliphatic carbocycles. The van der Waals surface area contributed by atoms with Gasteiger partial charge in [-0.25, -0.2) is 0 Å². The van der Waals surface area contributed by atoms with E-state index in [-0.39, 0.29) is 0 Å². The largest absolute Gasteiger partial charge is 0.384 e. The third-order valence-electron chi connectivity index (χ3n) is 2.90. The van der Waals surface area contributed by atoms with E-state index in [2.05, 4.69) is 78.1 Å². The Bertz CT molecular complexity index is 333. The average molecular weight is 313 g/mol. The summed E-state index contributed by atoms with van der Waals surface area (Å²) in [6.45, 7) is 12.3. The molecule has 0 atom stereocenters. The van der Waals surface area contributed by atoms with Crippen LogP contribution in [0.2, 0.25) is 0 Å². The van der Waals surface area contributed by atoms with Crippen LogP contribution in [-0.2, 0) is 0 Å². The summed E-state index contributed by atoms with van der Waals surface area (Å²) in [5.41, 5.74) is 1.19. The SMILES string of the molecule is CC(C)CN(CCNc1ccc(Br)cc1)C(C)C. The molecular weight excluding hydrogens is 288 g/mol. The third kappa shape index (κ3) is 5.87. The van der Waals surface area contributed by atoms with Crippen LogP contribution in [-0.4, -0.2) is 30.6 Å². The second-order valence-corrected chi connectivity index (χ2v) is 6.33. The molecule has 1 rings (SSSR count). The van der Waals surface area contributed by atoms with Gasteiger partial charge >= 0.3 is 0 Å². The van der Waals surface area contributed by atoms with Gasteiger partial charge in [-0.3, -0.25) is 4.90 Å². The molecular formula is C15H25BrN2. The number of hydrogen-bond acceptors (Lipinski definition) is 2. The van der Waals surface area contributed by atoms with Crippen LogP contribution in [0.4, 0.5) is 5.69 Å². The van der Waals surface area contributed by atoms with Gasteiger partial charge in [-0.2, -0.15) is 0 Å². The highest BCUT2D eigenvalue weighted by Crippen LogP contribution is 2.14. The molecule has 0 aliphatic heterocycles. The Labute approximate surface area is 120 Å². The molecule has 3 heteroatoms. The maximum absolute atomic E-state index is 3.47. The van der Waals surface area contributed by atoms with Gasteiger partial charge in [0.25, 0.3) is 0 Å². The van der Waals surface area contributed by atoms with Crippen LogP contribution in [0.25, 0.3) is 0 Å². The monoisotopic (exact) mass is 312 g/mol. The van der Waals surface area contributed by atoms with Crippen molar-refractivity contribution in [1.29, 1.82) is 0 Å². The van der Waals surface area contributed by atoms with E-state index in [1.54, 1.807) is 0 Å². The molecule has 0 spiro atoms. The minimum Gasteiger partial charge on any atom is -0.384 e. The van der Waals surface area contributed by atoms with Crippen LogP contribution in [0.1, 0.15) is 27.7 Å². The topological polar surface area (TPSA) is 15.3 Å². The van der Waals surface area contributed by atoms with Gasteiger partial charge in [-0.1, -0.05) is 29.8 Å². The maximum Gasteiger partial charge on any atom is 0.0341 e. The van der Waals surface area contributed by atoms with Crippen LogP contribution in [0, 0.1) is 5.92 Å². The summed E-state index contributed by atoms with van der Waals surface area (Å²) in [4.78, 5) is 2.52. The van der Waals surface area contributed by atoms with Crippen molar-refractivity contribution in [2.24, 2.45) is 5.92 Å². The molecule has 0 aromatic heterocycles. The van der Waals surface area contributed by atoms with E-state index in [9.17, 15) is 0 Å². The van der Waals surface area contributed by atoms with E-state index in [0.717, 1.165) is 23.5 Å². The number of benzene rings is 1. The van der Waals surface area contributed by atoms with E-state index in [0.29, 0.717) is 6.04 Å². The Hall–Kier alpha value is -0.540. The number of hydrogen-bond donors (Lipinski definition) is 1. The van der Waals surface area contributed by atoms with Crippen LogP contribution >= 0.6 is 15.9 Å². The third-order valence-corrected chi connectivity index (χ3v) is 3.43. The van der Waals surface area contributed by atoms with Crippen molar-refractivity contribution in [2.45, 2.75) is 33.7 Å². The predicted octanol–water partition coefficient (Wildman–Crippen LogP) is 4.23. The molecule has 0 unspecified atom stereocenters. The first-order chi connectivity index (χ1) is 8.49. The Kier molecular flexibility index (Phi) is 6.72. The van der Waals surface area contributed by atoms with Gasteiger partial charge < -0.3 is 5.32 Å². The summed E-state index contributed by atoms with van der Waals surface area (Å²) in [6.07, 6.45) is 0. The van der Waals surface area contributed by atoms with Crippen molar-refractivity contribution < 1.29 is 0 Å². The zero-order valence-electron chi connectivity index (χ0n) is 11.9. The Morgan fingerprint density at radius 1 is 1.11 bits per heavy atom. The van der Waals surface area contributed by atoms with E-state index in [4.69, 9.17) is 0 Å². The van der Waals surface area contributed by atoms with Crippen molar-refractivity contribution in [3.63, 3.8) is 0 Å². The molecule has 1 aromatic carbocycles. The minimum atomic E-state index is 0.610. The quantitative estimate of drug-likeness (QED) is 0.810. The molecule has 0 aliphatic rings. The second kappa shape index (κ2) is 7.80. The van der Waals surface area contributed by atoms with Crippen LogP contribution in [0.15, 0.2) is 28.7 Å². The van der Waals surface area contributed by atoms with E-state index in [1.807, 2.05) is 0 Å². The van der Waals surface area contributed by atoms with Gasteiger partial charge in [0.2, 0.25) is 0 Å². The van der Waals surface area contributed by atoms with Crippen molar-refractivity contribution in [2.75, 3.05) is 25.0 Å². The van der Waals surface area contributed by atoms with Gasteiger partial charge in [-0.05, 0) is 44.0 Å². The van der Waals surface area contributed by atoms with Gasteiger partial charge in [0.05, 0.1) is 0 Å². The molecule has 0 fully saturated rings. The molecule has 0 saturated heterocycles. The van der Waals surface area contributed by atoms with Crippen molar-refractivity contribution in [3.05, 3.63) is 28.7 Å². The molecule has 0 radical (unpaired) electrons. The second-order valence-electron chi connectivity index (χ2n) is 5.42. The standard InChI is InChI=1S/C15H25BrN2/c1-12(2)11-18(13(3)4)10-9-17-15-7-5-14(16)6-8-15/h5-8,12-13,17H,9-11H2,1-4H3. The highest BCUT2D eigenvalue weighted by atomic mass is 79.9. The summed E-state index contributed by atoms with van der Waals surface area (Å²) < 4.78 is 1.12. The Morgan fingerprint density at radius 2 is 1.72 bits per heavy atom. The number of rotatable bonds is 7. The normalized spacial score (nSPS) is 11.6. The number of halogens is 1. The summed E-state index contributed by atoms with van der Waals surface area (Å²) >= 11 is 3.45. The predicted molar refractivity (Wildman–Crippen MR) is 84.2 cm³/mol. The number of nitrogens with one attached hydrogen (secondary N) is 1. The van der Waals surface area contributed by atoms with E-state index >= 15 is 0 Å². The minimum absolute atomic E-state index is 0.610. The van der Waals surface area contributed by atoms with Gasteiger partial charge in [0.1, 0.15) is 0 Å². The van der Waals surface area contributed by atoms with Gasteiger partial charge in [0.15, 0.2) is 0 Å². The zero-order chi connectivity index (χ0) is 13.5. The molecule has 1 aromatic rings. The fraction of sp³-hybridized carbons (Fsp3) is 0.600. The van der Waals surface area contributed by atoms with Crippen LogP contribution < -0.4 is 5.32 Å². The smallest absolute Gasteiger partial charge is 0.0341 e. The average Bonchev–Trinajstić information content (AvgIpc) is 2.29. The first-order valence-corrected chi connectivity index (χ1v) is 7.52. The lowest BCUT2D eigenvalue weighted by atomic mass is 10.2. The molecule has 18 heavy (non-hydrogen) atoms. The van der Waals surface area contributed by atoms with Gasteiger partial charge in [-0.15, -0.1) is 0 Å². The van der Waals surface area contributed by atoms with E-state index in [1.165, 1.54) is 12.2 Å². The summed E-state index contributed by atoms with van der Waals surface area (Å²) in [5.74, 6) is 0.722. The molecule has 0 saturated carbocycles. The van der Waals surface area contributed by atoms with Crippen LogP contribution in [0.5, 0.6) is 0 Å². The highest BCUT2D eigenvalue weighted by Gasteiger charge is 2.10. The van der Waals surface area contributed by atoms with Crippen molar-refractivity contribution in [1.82, 2.24) is 4.90 Å². The zero-order valence-corrected chi connectivity index (χ0v) is 13.5. The maximum atomic E-state index is 3.47. The molecule has 0 bridgehead atoms. The number of nitrogens with zero attached hydrogens (tertiary/aromatic N) is 1. The van der Waals surface area contributed by atoms with Crippen molar-refractivity contribution >= 4 is 21.6 Å². The summed E-state index contributed by atoms with van der Waals surface area (Å²) in [5, 5.41) is 3.47. The summed E-state index contributed by atoms with van der Waals surface area (Å²) in [7, 11) is 0. The van der Waals surface area contributed by atoms with Crippen LogP contribution in [0.3, 0.4) is 0 Å². The lowest BCUT2D eigenvalue weighted by Crippen LogP contribution is -2.37. The Balaban J connectivity index is 2.36. The number of anilines is 1. The lowest BCUT2D eigenvalue weighted by molar-refractivity contribution is 0.205. The van der Waals surface area contributed by atoms with Gasteiger partial charge in [0, 0.05) is 35.8 Å². The fourth-order valence-corrected chi connectivity index (χ4v) is 2.21. The first kappa shape index (κ1) is 15.5. The highest BCUT2D eigenvalue weighted by molar-refractivity contribution is 9.10. The molecule has 0 heterocycles. The summed E-state index contributed by atoms with van der Waals surface area (Å²) in [6, 6.07) is 8.95.